The Hall–Kier alpha value is -3.15. The Kier molecular flexibility index (Phi) is 6.42. The molecule has 146 valence electrons. The van der Waals surface area contributed by atoms with Crippen LogP contribution in [0.25, 0.3) is 0 Å². The van der Waals surface area contributed by atoms with Gasteiger partial charge in [-0.3, -0.25) is 9.59 Å². The zero-order valence-electron chi connectivity index (χ0n) is 16.1. The molecule has 0 saturated carbocycles. The molecule has 0 radical (unpaired) electrons. The van der Waals surface area contributed by atoms with Crippen LogP contribution in [0.3, 0.4) is 0 Å². The van der Waals surface area contributed by atoms with Crippen LogP contribution in [0.2, 0.25) is 0 Å². The number of carbonyl (C=O) groups excluding carboxylic acids is 2. The Morgan fingerprint density at radius 3 is 2.32 bits per heavy atom. The van der Waals surface area contributed by atoms with E-state index in [1.54, 1.807) is 0 Å². The monoisotopic (exact) mass is 379 g/mol. The van der Waals surface area contributed by atoms with Gasteiger partial charge in [0, 0.05) is 18.9 Å². The van der Waals surface area contributed by atoms with Gasteiger partial charge >= 0.3 is 0 Å². The average molecular weight is 379 g/mol. The summed E-state index contributed by atoms with van der Waals surface area (Å²) in [6, 6.07) is 18.5. The number of hydrogen-bond acceptors (Lipinski definition) is 4. The molecule has 2 aromatic rings. The van der Waals surface area contributed by atoms with Gasteiger partial charge in [0.1, 0.15) is 6.04 Å². The van der Waals surface area contributed by atoms with E-state index in [0.717, 1.165) is 16.8 Å². The molecule has 2 N–H and O–H groups in total. The van der Waals surface area contributed by atoms with Crippen molar-refractivity contribution >= 4 is 17.5 Å². The van der Waals surface area contributed by atoms with Crippen LogP contribution in [-0.2, 0) is 20.8 Å². The SMILES string of the molecule is CC(C)NC(=O)[C@H](Cc1ccccc1)NC(=O)[C@@H]1CC(c2ccccc2)=NO1. The molecule has 6 heteroatoms. The number of benzene rings is 2. The molecule has 0 spiro atoms. The molecule has 2 amide bonds. The maximum atomic E-state index is 12.7. The van der Waals surface area contributed by atoms with Gasteiger partial charge in [0.05, 0.1) is 5.71 Å². The minimum Gasteiger partial charge on any atom is -0.382 e. The molecular weight excluding hydrogens is 354 g/mol. The third kappa shape index (κ3) is 5.19. The van der Waals surface area contributed by atoms with Gasteiger partial charge in [0.25, 0.3) is 5.91 Å². The topological polar surface area (TPSA) is 79.8 Å². The Labute approximate surface area is 165 Å². The lowest BCUT2D eigenvalue weighted by Gasteiger charge is -2.21. The molecule has 28 heavy (non-hydrogen) atoms. The highest BCUT2D eigenvalue weighted by Gasteiger charge is 2.32. The Morgan fingerprint density at radius 2 is 1.68 bits per heavy atom. The second kappa shape index (κ2) is 9.17. The van der Waals surface area contributed by atoms with Crippen LogP contribution < -0.4 is 10.6 Å². The maximum Gasteiger partial charge on any atom is 0.265 e. The molecule has 0 fully saturated rings. The first-order valence-electron chi connectivity index (χ1n) is 9.45. The molecular formula is C22H25N3O3. The second-order valence-electron chi connectivity index (χ2n) is 7.12. The fraction of sp³-hybridized carbons (Fsp3) is 0.318. The van der Waals surface area contributed by atoms with Crippen molar-refractivity contribution in [2.75, 3.05) is 0 Å². The van der Waals surface area contributed by atoms with Gasteiger partial charge in [0.15, 0.2) is 0 Å². The Bertz CT molecular complexity index is 835. The highest BCUT2D eigenvalue weighted by atomic mass is 16.6. The molecule has 0 saturated heterocycles. The quantitative estimate of drug-likeness (QED) is 0.775. The number of oxime groups is 1. The summed E-state index contributed by atoms with van der Waals surface area (Å²) in [5.74, 6) is -0.552. The summed E-state index contributed by atoms with van der Waals surface area (Å²) in [4.78, 5) is 30.7. The van der Waals surface area contributed by atoms with Crippen LogP contribution in [0.1, 0.15) is 31.4 Å². The van der Waals surface area contributed by atoms with Gasteiger partial charge in [0.2, 0.25) is 12.0 Å². The molecule has 6 nitrogen and oxygen atoms in total. The zero-order valence-corrected chi connectivity index (χ0v) is 16.1. The van der Waals surface area contributed by atoms with Crippen molar-refractivity contribution in [3.8, 4) is 0 Å². The summed E-state index contributed by atoms with van der Waals surface area (Å²) in [7, 11) is 0. The average Bonchev–Trinajstić information content (AvgIpc) is 3.19. The first-order chi connectivity index (χ1) is 13.5. The number of rotatable bonds is 7. The van der Waals surface area contributed by atoms with Crippen LogP contribution in [0.5, 0.6) is 0 Å². The molecule has 0 bridgehead atoms. The first-order valence-corrected chi connectivity index (χ1v) is 9.45. The third-order valence-corrected chi connectivity index (χ3v) is 4.41. The van der Waals surface area contributed by atoms with E-state index in [9.17, 15) is 9.59 Å². The van der Waals surface area contributed by atoms with Crippen molar-refractivity contribution < 1.29 is 14.4 Å². The predicted octanol–water partition coefficient (Wildman–Crippen LogP) is 2.43. The Balaban J connectivity index is 1.65. The van der Waals surface area contributed by atoms with E-state index in [1.165, 1.54) is 0 Å². The number of nitrogens with zero attached hydrogens (tertiary/aromatic N) is 1. The second-order valence-corrected chi connectivity index (χ2v) is 7.12. The maximum absolute atomic E-state index is 12.7. The third-order valence-electron chi connectivity index (χ3n) is 4.41. The van der Waals surface area contributed by atoms with Crippen molar-refractivity contribution in [2.45, 2.75) is 44.9 Å². The lowest BCUT2D eigenvalue weighted by Crippen LogP contribution is -2.52. The van der Waals surface area contributed by atoms with E-state index in [2.05, 4.69) is 15.8 Å². The number of amides is 2. The molecule has 0 aliphatic carbocycles. The zero-order chi connectivity index (χ0) is 19.9. The number of carbonyl (C=O) groups is 2. The van der Waals surface area contributed by atoms with Crippen molar-refractivity contribution in [3.05, 3.63) is 71.8 Å². The van der Waals surface area contributed by atoms with Crippen LogP contribution in [0.4, 0.5) is 0 Å². The minimum atomic E-state index is -0.736. The highest BCUT2D eigenvalue weighted by Crippen LogP contribution is 2.17. The fourth-order valence-corrected chi connectivity index (χ4v) is 3.03. The molecule has 1 aliphatic heterocycles. The molecule has 0 aromatic heterocycles. The van der Waals surface area contributed by atoms with Crippen LogP contribution >= 0.6 is 0 Å². The van der Waals surface area contributed by atoms with E-state index in [-0.39, 0.29) is 17.9 Å². The summed E-state index contributed by atoms with van der Waals surface area (Å²) in [6.45, 7) is 3.78. The van der Waals surface area contributed by atoms with Crippen molar-refractivity contribution in [1.82, 2.24) is 10.6 Å². The molecule has 2 aromatic carbocycles. The van der Waals surface area contributed by atoms with Crippen molar-refractivity contribution in [1.29, 1.82) is 0 Å². The van der Waals surface area contributed by atoms with Crippen LogP contribution in [-0.4, -0.2) is 35.7 Å². The number of nitrogens with one attached hydrogen (secondary N) is 2. The van der Waals surface area contributed by atoms with Crippen molar-refractivity contribution in [3.63, 3.8) is 0 Å². The molecule has 1 aliphatic rings. The summed E-state index contributed by atoms with van der Waals surface area (Å²) in [5, 5.41) is 9.75. The van der Waals surface area contributed by atoms with Gasteiger partial charge in [-0.15, -0.1) is 0 Å². The lowest BCUT2D eigenvalue weighted by atomic mass is 10.0. The fourth-order valence-electron chi connectivity index (χ4n) is 3.03. The standard InChI is InChI=1S/C22H25N3O3/c1-15(2)23-21(26)19(13-16-9-5-3-6-10-16)24-22(27)20-14-18(25-28-20)17-11-7-4-8-12-17/h3-12,15,19-20H,13-14H2,1-2H3,(H,23,26)(H,24,27)/t19-,20-/m0/s1. The summed E-state index contributed by atoms with van der Waals surface area (Å²) in [5.41, 5.74) is 2.63. The summed E-state index contributed by atoms with van der Waals surface area (Å²) < 4.78 is 0. The van der Waals surface area contributed by atoms with Gasteiger partial charge in [-0.25, -0.2) is 0 Å². The Morgan fingerprint density at radius 1 is 1.04 bits per heavy atom. The van der Waals surface area contributed by atoms with E-state index < -0.39 is 12.1 Å². The highest BCUT2D eigenvalue weighted by molar-refractivity contribution is 6.04. The van der Waals surface area contributed by atoms with Gasteiger partial charge in [-0.2, -0.15) is 0 Å². The van der Waals surface area contributed by atoms with E-state index in [1.807, 2.05) is 74.5 Å². The van der Waals surface area contributed by atoms with E-state index >= 15 is 0 Å². The summed E-state index contributed by atoms with van der Waals surface area (Å²) >= 11 is 0. The van der Waals surface area contributed by atoms with Gasteiger partial charge in [-0.05, 0) is 25.0 Å². The molecule has 3 rings (SSSR count). The largest absolute Gasteiger partial charge is 0.382 e. The first kappa shape index (κ1) is 19.6. The van der Waals surface area contributed by atoms with Crippen LogP contribution in [0, 0.1) is 0 Å². The van der Waals surface area contributed by atoms with Crippen molar-refractivity contribution in [2.24, 2.45) is 5.16 Å². The molecule has 2 atom stereocenters. The van der Waals surface area contributed by atoms with Gasteiger partial charge in [-0.1, -0.05) is 65.8 Å². The molecule has 1 heterocycles. The number of hydrogen-bond donors (Lipinski definition) is 2. The van der Waals surface area contributed by atoms with E-state index in [4.69, 9.17) is 4.84 Å². The van der Waals surface area contributed by atoms with E-state index in [0.29, 0.717) is 12.8 Å². The minimum absolute atomic E-state index is 0.0153. The summed E-state index contributed by atoms with van der Waals surface area (Å²) in [6.07, 6.45) is 0.0459. The lowest BCUT2D eigenvalue weighted by molar-refractivity contribution is -0.135. The normalized spacial score (nSPS) is 16.8. The molecule has 0 unspecified atom stereocenters. The van der Waals surface area contributed by atoms with Gasteiger partial charge < -0.3 is 15.5 Å². The van der Waals surface area contributed by atoms with Crippen LogP contribution in [0.15, 0.2) is 65.8 Å². The predicted molar refractivity (Wildman–Crippen MR) is 108 cm³/mol. The smallest absolute Gasteiger partial charge is 0.265 e.